The van der Waals surface area contributed by atoms with E-state index in [9.17, 15) is 18.1 Å². The molecular formula is C16H16FN5O2S. The van der Waals surface area contributed by atoms with E-state index in [0.29, 0.717) is 22.2 Å². The summed E-state index contributed by atoms with van der Waals surface area (Å²) in [5.41, 5.74) is 2.16. The molecule has 0 saturated heterocycles. The number of H-pyrrole nitrogens is 1. The maximum Gasteiger partial charge on any atom is 0.265 e. The third-order valence-electron chi connectivity index (χ3n) is 3.97. The molecule has 2 N–H and O–H groups in total. The van der Waals surface area contributed by atoms with Gasteiger partial charge < -0.3 is 4.98 Å². The third kappa shape index (κ3) is 2.96. The zero-order valence-electron chi connectivity index (χ0n) is 13.6. The van der Waals surface area contributed by atoms with Gasteiger partial charge in [0.25, 0.3) is 10.0 Å². The zero-order valence-corrected chi connectivity index (χ0v) is 14.4. The lowest BCUT2D eigenvalue weighted by molar-refractivity contribution is 0.355. The van der Waals surface area contributed by atoms with Gasteiger partial charge in [0.05, 0.1) is 29.0 Å². The number of nitrogens with one attached hydrogen (secondary N) is 2. The molecule has 1 aromatic carbocycles. The van der Waals surface area contributed by atoms with Crippen molar-refractivity contribution in [2.75, 3.05) is 11.4 Å². The number of hydrogen-bond donors (Lipinski definition) is 2. The van der Waals surface area contributed by atoms with Gasteiger partial charge in [-0.05, 0) is 25.5 Å². The zero-order chi connectivity index (χ0) is 18.2. The predicted molar refractivity (Wildman–Crippen MR) is 91.5 cm³/mol. The smallest absolute Gasteiger partial charge is 0.265 e. The largest absolute Gasteiger partial charge is 0.358 e. The van der Waals surface area contributed by atoms with E-state index in [4.69, 9.17) is 0 Å². The van der Waals surface area contributed by atoms with Gasteiger partial charge in [-0.15, -0.1) is 0 Å². The fourth-order valence-corrected chi connectivity index (χ4v) is 3.58. The molecule has 0 bridgehead atoms. The molecule has 0 amide bonds. The number of hydrogen-bond acceptors (Lipinski definition) is 4. The van der Waals surface area contributed by atoms with Crippen molar-refractivity contribution >= 4 is 26.6 Å². The van der Waals surface area contributed by atoms with E-state index in [0.717, 1.165) is 5.56 Å². The van der Waals surface area contributed by atoms with Crippen LogP contribution in [0.2, 0.25) is 0 Å². The average Bonchev–Trinajstić information content (AvgIpc) is 3.24. The van der Waals surface area contributed by atoms with Crippen LogP contribution in [0.4, 0.5) is 10.1 Å². The highest BCUT2D eigenvalue weighted by atomic mass is 32.2. The van der Waals surface area contributed by atoms with E-state index in [-0.39, 0.29) is 4.90 Å². The van der Waals surface area contributed by atoms with Crippen LogP contribution < -0.4 is 4.72 Å². The van der Waals surface area contributed by atoms with Crippen LogP contribution >= 0.6 is 0 Å². The number of fused-ring (bicyclic) bond motifs is 1. The molecule has 2 heterocycles. The summed E-state index contributed by atoms with van der Waals surface area (Å²) in [4.78, 5) is 2.87. The fraction of sp³-hybridized carbons (Fsp3) is 0.250. The molecule has 0 spiro atoms. The quantitative estimate of drug-likeness (QED) is 0.729. The lowest BCUT2D eigenvalue weighted by atomic mass is 10.1. The van der Waals surface area contributed by atoms with Crippen LogP contribution in [-0.2, 0) is 10.0 Å². The summed E-state index contributed by atoms with van der Waals surface area (Å²) in [6.45, 7) is 2.80. The molecule has 0 aliphatic carbocycles. The molecule has 3 aromatic rings. The molecule has 0 fully saturated rings. The number of rotatable bonds is 5. The number of sulfonamides is 1. The summed E-state index contributed by atoms with van der Waals surface area (Å²) >= 11 is 0. The number of anilines is 1. The van der Waals surface area contributed by atoms with Gasteiger partial charge in [-0.25, -0.2) is 12.8 Å². The Bertz CT molecular complexity index is 1080. The predicted octanol–water partition coefficient (Wildman–Crippen LogP) is 2.88. The van der Waals surface area contributed by atoms with E-state index in [2.05, 4.69) is 20.9 Å². The Morgan fingerprint density at radius 3 is 2.92 bits per heavy atom. The van der Waals surface area contributed by atoms with Gasteiger partial charge in [0.15, 0.2) is 0 Å². The average molecular weight is 361 g/mol. The van der Waals surface area contributed by atoms with Crippen LogP contribution in [0, 0.1) is 18.3 Å². The third-order valence-corrected chi connectivity index (χ3v) is 5.29. The summed E-state index contributed by atoms with van der Waals surface area (Å²) in [6, 6.07) is 4.90. The Morgan fingerprint density at radius 1 is 1.48 bits per heavy atom. The van der Waals surface area contributed by atoms with Crippen LogP contribution in [0.15, 0.2) is 35.6 Å². The van der Waals surface area contributed by atoms with Gasteiger partial charge in [-0.3, -0.25) is 9.40 Å². The lowest BCUT2D eigenvalue weighted by Crippen LogP contribution is -2.13. The Morgan fingerprint density at radius 2 is 2.24 bits per heavy atom. The molecular weight excluding hydrogens is 345 g/mol. The van der Waals surface area contributed by atoms with Crippen molar-refractivity contribution in [3.8, 4) is 6.07 Å². The number of halogens is 1. The van der Waals surface area contributed by atoms with Gasteiger partial charge >= 0.3 is 0 Å². The number of nitriles is 1. The Kier molecular flexibility index (Phi) is 4.22. The van der Waals surface area contributed by atoms with Gasteiger partial charge in [0.1, 0.15) is 17.6 Å². The minimum absolute atomic E-state index is 0.0615. The van der Waals surface area contributed by atoms with E-state index in [1.54, 1.807) is 19.1 Å². The molecule has 1 unspecified atom stereocenters. The van der Waals surface area contributed by atoms with Crippen LogP contribution in [0.3, 0.4) is 0 Å². The summed E-state index contributed by atoms with van der Waals surface area (Å²) in [5, 5.41) is 13.7. The van der Waals surface area contributed by atoms with Crippen LogP contribution in [0.5, 0.6) is 0 Å². The molecule has 2 aromatic heterocycles. The Labute approximate surface area is 144 Å². The van der Waals surface area contributed by atoms with Crippen LogP contribution in [-0.4, -0.2) is 29.9 Å². The first-order valence-corrected chi connectivity index (χ1v) is 8.99. The van der Waals surface area contributed by atoms with E-state index < -0.39 is 22.7 Å². The highest BCUT2D eigenvalue weighted by molar-refractivity contribution is 7.92. The van der Waals surface area contributed by atoms with Crippen molar-refractivity contribution in [3.63, 3.8) is 0 Å². The Balaban J connectivity index is 2.01. The first-order chi connectivity index (χ1) is 11.9. The van der Waals surface area contributed by atoms with Gasteiger partial charge in [-0.1, -0.05) is 6.07 Å². The normalized spacial score (nSPS) is 12.9. The molecule has 25 heavy (non-hydrogen) atoms. The van der Waals surface area contributed by atoms with Crippen LogP contribution in [0.25, 0.3) is 10.9 Å². The number of aryl methyl sites for hydroxylation is 1. The van der Waals surface area contributed by atoms with E-state index in [1.165, 1.54) is 23.3 Å². The number of aromatic amines is 1. The summed E-state index contributed by atoms with van der Waals surface area (Å²) in [5.74, 6) is 0. The van der Waals surface area contributed by atoms with Gasteiger partial charge in [-0.2, -0.15) is 10.4 Å². The SMILES string of the molecule is Cc1ccc(NS(=O)(=O)c2cnn(C(C)CF)c2)c2[nH]cc(C#N)c12. The number of aromatic nitrogens is 3. The summed E-state index contributed by atoms with van der Waals surface area (Å²) < 4.78 is 41.7. The van der Waals surface area contributed by atoms with Crippen molar-refractivity contribution in [2.24, 2.45) is 0 Å². The topological polar surface area (TPSA) is 104 Å². The van der Waals surface area contributed by atoms with E-state index >= 15 is 0 Å². The molecule has 0 saturated carbocycles. The monoisotopic (exact) mass is 361 g/mol. The van der Waals surface area contributed by atoms with Crippen molar-refractivity contribution in [1.82, 2.24) is 14.8 Å². The fourth-order valence-electron chi connectivity index (χ4n) is 2.57. The minimum atomic E-state index is -3.89. The van der Waals surface area contributed by atoms with Gasteiger partial charge in [0, 0.05) is 17.8 Å². The Hall–Kier alpha value is -2.86. The molecule has 0 aliphatic heterocycles. The highest BCUT2D eigenvalue weighted by Gasteiger charge is 2.20. The first kappa shape index (κ1) is 17.0. The molecule has 9 heteroatoms. The second-order valence-corrected chi connectivity index (χ2v) is 7.44. The number of alkyl halides is 1. The number of benzene rings is 1. The van der Waals surface area contributed by atoms with Gasteiger partial charge in [0.2, 0.25) is 0 Å². The molecule has 7 nitrogen and oxygen atoms in total. The maximum absolute atomic E-state index is 12.7. The number of nitrogens with zero attached hydrogens (tertiary/aromatic N) is 3. The van der Waals surface area contributed by atoms with Crippen molar-refractivity contribution < 1.29 is 12.8 Å². The molecule has 130 valence electrons. The summed E-state index contributed by atoms with van der Waals surface area (Å²) in [7, 11) is -3.89. The second kappa shape index (κ2) is 6.22. The summed E-state index contributed by atoms with van der Waals surface area (Å²) in [6.07, 6.45) is 4.00. The minimum Gasteiger partial charge on any atom is -0.358 e. The molecule has 0 aliphatic rings. The highest BCUT2D eigenvalue weighted by Crippen LogP contribution is 2.30. The van der Waals surface area contributed by atoms with Crippen LogP contribution in [0.1, 0.15) is 24.1 Å². The molecule has 3 rings (SSSR count). The second-order valence-electron chi connectivity index (χ2n) is 5.76. The van der Waals surface area contributed by atoms with Crippen molar-refractivity contribution in [2.45, 2.75) is 24.8 Å². The molecule has 1 atom stereocenters. The van der Waals surface area contributed by atoms with Crippen molar-refractivity contribution in [3.05, 3.63) is 41.9 Å². The first-order valence-electron chi connectivity index (χ1n) is 7.51. The maximum atomic E-state index is 12.7. The lowest BCUT2D eigenvalue weighted by Gasteiger charge is -2.09. The van der Waals surface area contributed by atoms with E-state index in [1.807, 2.05) is 6.92 Å². The molecule has 0 radical (unpaired) electrons. The standard InChI is InChI=1S/C16H16FN5O2S/c1-10-3-4-14(16-15(10)12(6-18)7-19-16)21-25(23,24)13-8-20-22(9-13)11(2)5-17/h3-4,7-9,11,19,21H,5H2,1-2H3. The van der Waals surface area contributed by atoms with Crippen molar-refractivity contribution in [1.29, 1.82) is 5.26 Å².